The molecule has 1 amide bonds. The zero-order chi connectivity index (χ0) is 25.5. The summed E-state index contributed by atoms with van der Waals surface area (Å²) in [5, 5.41) is 16.1. The number of piperazine rings is 1. The van der Waals surface area contributed by atoms with Crippen LogP contribution in [0.4, 0.5) is 0 Å². The maximum atomic E-state index is 12.9. The number of aliphatic carboxylic acids is 2. The lowest BCUT2D eigenvalue weighted by Gasteiger charge is -2.34. The molecule has 36 heavy (non-hydrogen) atoms. The second kappa shape index (κ2) is 11.3. The van der Waals surface area contributed by atoms with E-state index in [2.05, 4.69) is 52.5 Å². The molecule has 0 spiro atoms. The third-order valence-electron chi connectivity index (χ3n) is 6.15. The lowest BCUT2D eigenvalue weighted by Crippen LogP contribution is -2.48. The molecule has 8 nitrogen and oxygen atoms in total. The summed E-state index contributed by atoms with van der Waals surface area (Å²) in [7, 11) is 0. The number of benzene rings is 3. The molecule has 0 aliphatic carbocycles. The number of hydrogen-bond donors (Lipinski definition) is 3. The number of carboxylic acids is 2. The van der Waals surface area contributed by atoms with Crippen molar-refractivity contribution in [1.29, 1.82) is 0 Å². The summed E-state index contributed by atoms with van der Waals surface area (Å²) >= 11 is 0. The average Bonchev–Trinajstić information content (AvgIpc) is 3.32. The van der Waals surface area contributed by atoms with E-state index in [0.29, 0.717) is 0 Å². The van der Waals surface area contributed by atoms with Gasteiger partial charge in [-0.25, -0.2) is 9.59 Å². The number of aromatic nitrogens is 1. The Bertz CT molecular complexity index is 1330. The van der Waals surface area contributed by atoms with Crippen molar-refractivity contribution in [2.75, 3.05) is 26.2 Å². The van der Waals surface area contributed by atoms with Crippen LogP contribution in [0.5, 0.6) is 0 Å². The minimum absolute atomic E-state index is 0.126. The summed E-state index contributed by atoms with van der Waals surface area (Å²) in [6, 6.07) is 26.6. The van der Waals surface area contributed by atoms with E-state index in [1.165, 1.54) is 22.0 Å². The molecule has 0 bridgehead atoms. The highest BCUT2D eigenvalue weighted by Gasteiger charge is 2.22. The minimum atomic E-state index is -1.82. The number of para-hydroxylation sites is 1. The van der Waals surface area contributed by atoms with Crippen LogP contribution < -0.4 is 0 Å². The first-order valence-electron chi connectivity index (χ1n) is 11.6. The topological polar surface area (TPSA) is 114 Å². The van der Waals surface area contributed by atoms with Crippen LogP contribution in [0.2, 0.25) is 0 Å². The first-order chi connectivity index (χ1) is 17.4. The van der Waals surface area contributed by atoms with Gasteiger partial charge in [-0.05, 0) is 34.9 Å². The lowest BCUT2D eigenvalue weighted by atomic mass is 10.0. The van der Waals surface area contributed by atoms with Gasteiger partial charge in [0.25, 0.3) is 5.91 Å². The quantitative estimate of drug-likeness (QED) is 0.377. The molecule has 8 heteroatoms. The number of aromatic amines is 1. The zero-order valence-electron chi connectivity index (χ0n) is 19.6. The van der Waals surface area contributed by atoms with Crippen LogP contribution in [-0.2, 0) is 16.1 Å². The van der Waals surface area contributed by atoms with Crippen LogP contribution in [0, 0.1) is 0 Å². The van der Waals surface area contributed by atoms with Crippen molar-refractivity contribution in [1.82, 2.24) is 14.8 Å². The Morgan fingerprint density at radius 1 is 0.722 bits per heavy atom. The molecule has 0 radical (unpaired) electrons. The number of rotatable bonds is 4. The molecule has 3 aromatic carbocycles. The van der Waals surface area contributed by atoms with Crippen LogP contribution in [-0.4, -0.2) is 69.0 Å². The van der Waals surface area contributed by atoms with Gasteiger partial charge in [-0.3, -0.25) is 9.69 Å². The first-order valence-corrected chi connectivity index (χ1v) is 11.6. The summed E-state index contributed by atoms with van der Waals surface area (Å²) in [6.45, 7) is 4.24. The molecule has 1 aliphatic heterocycles. The van der Waals surface area contributed by atoms with Crippen molar-refractivity contribution in [2.24, 2.45) is 0 Å². The second-order valence-electron chi connectivity index (χ2n) is 8.48. The van der Waals surface area contributed by atoms with Gasteiger partial charge in [0.2, 0.25) is 0 Å². The Kier molecular flexibility index (Phi) is 7.77. The third kappa shape index (κ3) is 5.97. The van der Waals surface area contributed by atoms with Crippen LogP contribution in [0.25, 0.3) is 22.0 Å². The molecular weight excluding hydrogens is 458 g/mol. The molecule has 1 fully saturated rings. The molecule has 4 aromatic rings. The molecule has 3 N–H and O–H groups in total. The first kappa shape index (κ1) is 24.7. The van der Waals surface area contributed by atoms with E-state index in [4.69, 9.17) is 19.8 Å². The van der Waals surface area contributed by atoms with Gasteiger partial charge in [-0.2, -0.15) is 0 Å². The van der Waals surface area contributed by atoms with Gasteiger partial charge < -0.3 is 20.1 Å². The summed E-state index contributed by atoms with van der Waals surface area (Å²) in [5.74, 6) is -3.52. The van der Waals surface area contributed by atoms with Crippen molar-refractivity contribution in [2.45, 2.75) is 6.54 Å². The number of carbonyl (C=O) groups excluding carboxylic acids is 1. The Labute approximate surface area is 208 Å². The Morgan fingerprint density at radius 3 is 1.94 bits per heavy atom. The van der Waals surface area contributed by atoms with E-state index in [9.17, 15) is 4.79 Å². The van der Waals surface area contributed by atoms with E-state index in [0.717, 1.165) is 43.9 Å². The van der Waals surface area contributed by atoms with E-state index < -0.39 is 11.9 Å². The number of fused-ring (bicyclic) bond motifs is 1. The number of nitrogens with one attached hydrogen (secondary N) is 1. The van der Waals surface area contributed by atoms with Crippen molar-refractivity contribution < 1.29 is 24.6 Å². The highest BCUT2D eigenvalue weighted by atomic mass is 16.4. The van der Waals surface area contributed by atoms with Gasteiger partial charge in [0.05, 0.1) is 0 Å². The summed E-state index contributed by atoms with van der Waals surface area (Å²) in [4.78, 5) is 38.9. The number of amides is 1. The number of H-pyrrole nitrogens is 1. The summed E-state index contributed by atoms with van der Waals surface area (Å²) in [6.07, 6.45) is 2.11. The van der Waals surface area contributed by atoms with Gasteiger partial charge >= 0.3 is 11.9 Å². The maximum Gasteiger partial charge on any atom is 0.414 e. The molecule has 1 aromatic heterocycles. The van der Waals surface area contributed by atoms with Crippen LogP contribution in [0.3, 0.4) is 0 Å². The normalized spacial score (nSPS) is 13.6. The fraction of sp³-hybridized carbons (Fsp3) is 0.179. The predicted molar refractivity (Wildman–Crippen MR) is 137 cm³/mol. The molecule has 1 aliphatic rings. The van der Waals surface area contributed by atoms with E-state index in [-0.39, 0.29) is 5.91 Å². The molecule has 0 unspecified atom stereocenters. The van der Waals surface area contributed by atoms with Crippen molar-refractivity contribution >= 4 is 28.7 Å². The summed E-state index contributed by atoms with van der Waals surface area (Å²) in [5.41, 5.74) is 5.57. The van der Waals surface area contributed by atoms with E-state index >= 15 is 0 Å². The number of hydrogen-bond acceptors (Lipinski definition) is 4. The van der Waals surface area contributed by atoms with Gasteiger partial charge in [-0.15, -0.1) is 0 Å². The van der Waals surface area contributed by atoms with Crippen LogP contribution in [0.15, 0.2) is 85.1 Å². The molecule has 1 saturated heterocycles. The van der Waals surface area contributed by atoms with Gasteiger partial charge in [0.15, 0.2) is 0 Å². The Hall–Kier alpha value is -4.43. The van der Waals surface area contributed by atoms with Crippen LogP contribution >= 0.6 is 0 Å². The summed E-state index contributed by atoms with van der Waals surface area (Å²) < 4.78 is 0. The van der Waals surface area contributed by atoms with Gasteiger partial charge in [-0.1, -0.05) is 60.7 Å². The monoisotopic (exact) mass is 485 g/mol. The number of carboxylic acid groups (broad SMARTS) is 2. The Morgan fingerprint density at radius 2 is 1.31 bits per heavy atom. The largest absolute Gasteiger partial charge is 0.473 e. The fourth-order valence-corrected chi connectivity index (χ4v) is 4.23. The Balaban J connectivity index is 0.000000455. The number of carbonyl (C=O) groups is 3. The maximum absolute atomic E-state index is 12.9. The molecule has 0 atom stereocenters. The standard InChI is InChI=1S/C26H25N3O.C2H2O4/c30-26(22-12-10-21(11-13-22)20-6-2-1-3-7-20)29-16-14-28(15-17-29)19-23-18-27-25-9-5-4-8-24(23)25;3-1(4)2(5)6/h1-13,18,27H,14-17,19H2;(H,3,4)(H,5,6). The predicted octanol–water partition coefficient (Wildman–Crippen LogP) is 3.95. The van der Waals surface area contributed by atoms with Crippen molar-refractivity contribution in [3.05, 3.63) is 96.2 Å². The molecule has 5 rings (SSSR count). The number of nitrogens with zero attached hydrogens (tertiary/aromatic N) is 2. The zero-order valence-corrected chi connectivity index (χ0v) is 19.6. The highest BCUT2D eigenvalue weighted by Crippen LogP contribution is 2.22. The van der Waals surface area contributed by atoms with Gasteiger partial charge in [0, 0.05) is 55.4 Å². The van der Waals surface area contributed by atoms with E-state index in [1.807, 2.05) is 47.4 Å². The van der Waals surface area contributed by atoms with Crippen LogP contribution in [0.1, 0.15) is 15.9 Å². The van der Waals surface area contributed by atoms with Crippen molar-refractivity contribution in [3.63, 3.8) is 0 Å². The fourth-order valence-electron chi connectivity index (χ4n) is 4.23. The highest BCUT2D eigenvalue weighted by molar-refractivity contribution is 6.27. The SMILES string of the molecule is O=C(O)C(=O)O.O=C(c1ccc(-c2ccccc2)cc1)N1CCN(Cc2c[nH]c3ccccc23)CC1. The van der Waals surface area contributed by atoms with E-state index in [1.54, 1.807) is 0 Å². The molecule has 184 valence electrons. The second-order valence-corrected chi connectivity index (χ2v) is 8.48. The molecular formula is C28H27N3O5. The average molecular weight is 486 g/mol. The van der Waals surface area contributed by atoms with Gasteiger partial charge in [0.1, 0.15) is 0 Å². The van der Waals surface area contributed by atoms with Crippen molar-refractivity contribution in [3.8, 4) is 11.1 Å². The minimum Gasteiger partial charge on any atom is -0.473 e. The lowest BCUT2D eigenvalue weighted by molar-refractivity contribution is -0.159. The molecule has 2 heterocycles. The smallest absolute Gasteiger partial charge is 0.414 e. The third-order valence-corrected chi connectivity index (χ3v) is 6.15. The molecule has 0 saturated carbocycles.